The van der Waals surface area contributed by atoms with Gasteiger partial charge < -0.3 is 9.47 Å². The van der Waals surface area contributed by atoms with Crippen LogP contribution in [0.3, 0.4) is 0 Å². The van der Waals surface area contributed by atoms with Gasteiger partial charge in [0.2, 0.25) is 0 Å². The van der Waals surface area contributed by atoms with Crippen LogP contribution in [-0.2, 0) is 0 Å². The van der Waals surface area contributed by atoms with Crippen LogP contribution in [-0.4, -0.2) is 13.2 Å². The molecule has 2 unspecified atom stereocenters. The Hall–Kier alpha value is -1.18. The zero-order valence-electron chi connectivity index (χ0n) is 20.5. The molecule has 2 nitrogen and oxygen atoms in total. The van der Waals surface area contributed by atoms with Crippen LogP contribution < -0.4 is 9.47 Å². The average molecular weight is 429 g/mol. The molecule has 2 atom stereocenters. The summed E-state index contributed by atoms with van der Waals surface area (Å²) in [4.78, 5) is 0. The highest BCUT2D eigenvalue weighted by atomic mass is 16.5. The van der Waals surface area contributed by atoms with Crippen molar-refractivity contribution >= 4 is 0 Å². The third-order valence-electron chi connectivity index (χ3n) is 8.07. The largest absolute Gasteiger partial charge is 0.494 e. The molecule has 176 valence electrons. The van der Waals surface area contributed by atoms with E-state index in [0.717, 1.165) is 48.4 Å². The van der Waals surface area contributed by atoms with Gasteiger partial charge in [0.15, 0.2) is 0 Å². The highest BCUT2D eigenvalue weighted by Gasteiger charge is 2.23. The average Bonchev–Trinajstić information content (AvgIpc) is 2.82. The van der Waals surface area contributed by atoms with Crippen LogP contribution in [0.15, 0.2) is 24.3 Å². The zero-order chi connectivity index (χ0) is 21.7. The SMILES string of the molecule is CCCCCC1CCC(COc2ccc(OCCCC3CCCCC3CC)cc2)CC1. The monoisotopic (exact) mass is 428 g/mol. The molecule has 2 aliphatic carbocycles. The molecule has 2 aliphatic rings. The summed E-state index contributed by atoms with van der Waals surface area (Å²) in [7, 11) is 0. The summed E-state index contributed by atoms with van der Waals surface area (Å²) in [6.45, 7) is 6.38. The van der Waals surface area contributed by atoms with Crippen LogP contribution in [0.5, 0.6) is 11.5 Å². The van der Waals surface area contributed by atoms with Crippen LogP contribution in [0.25, 0.3) is 0 Å². The Morgan fingerprint density at radius 1 is 0.677 bits per heavy atom. The third-order valence-corrected chi connectivity index (χ3v) is 8.07. The van der Waals surface area contributed by atoms with Gasteiger partial charge in [-0.3, -0.25) is 0 Å². The van der Waals surface area contributed by atoms with Gasteiger partial charge in [-0.2, -0.15) is 0 Å². The van der Waals surface area contributed by atoms with Crippen molar-refractivity contribution in [2.75, 3.05) is 13.2 Å². The Balaban J connectivity index is 1.27. The molecule has 2 saturated carbocycles. The van der Waals surface area contributed by atoms with Crippen LogP contribution in [0, 0.1) is 23.7 Å². The predicted molar refractivity (Wildman–Crippen MR) is 132 cm³/mol. The first-order valence-electron chi connectivity index (χ1n) is 13.6. The molecule has 0 spiro atoms. The Morgan fingerprint density at radius 3 is 2.00 bits per heavy atom. The second-order valence-electron chi connectivity index (χ2n) is 10.4. The summed E-state index contributed by atoms with van der Waals surface area (Å²) < 4.78 is 12.1. The molecule has 0 amide bonds. The number of ether oxygens (including phenoxy) is 2. The van der Waals surface area contributed by atoms with Crippen molar-refractivity contribution in [2.45, 2.75) is 110 Å². The molecule has 0 aliphatic heterocycles. The summed E-state index contributed by atoms with van der Waals surface area (Å²) in [5, 5.41) is 0. The minimum absolute atomic E-state index is 0.741. The van der Waals surface area contributed by atoms with Gasteiger partial charge in [-0.25, -0.2) is 0 Å². The summed E-state index contributed by atoms with van der Waals surface area (Å²) in [6, 6.07) is 8.32. The maximum absolute atomic E-state index is 6.11. The third kappa shape index (κ3) is 8.70. The summed E-state index contributed by atoms with van der Waals surface area (Å²) >= 11 is 0. The van der Waals surface area contributed by atoms with E-state index >= 15 is 0 Å². The molecule has 0 saturated heterocycles. The van der Waals surface area contributed by atoms with Crippen LogP contribution in [0.2, 0.25) is 0 Å². The lowest BCUT2D eigenvalue weighted by atomic mass is 9.76. The van der Waals surface area contributed by atoms with Gasteiger partial charge in [-0.15, -0.1) is 0 Å². The molecule has 0 aromatic heterocycles. The molecular formula is C29H48O2. The minimum Gasteiger partial charge on any atom is -0.494 e. The molecular weight excluding hydrogens is 380 g/mol. The molecule has 2 fully saturated rings. The second-order valence-corrected chi connectivity index (χ2v) is 10.4. The van der Waals surface area contributed by atoms with Crippen LogP contribution in [0.1, 0.15) is 110 Å². The Bertz CT molecular complexity index is 573. The zero-order valence-corrected chi connectivity index (χ0v) is 20.5. The van der Waals surface area contributed by atoms with Crippen LogP contribution in [0.4, 0.5) is 0 Å². The number of hydrogen-bond donors (Lipinski definition) is 0. The normalized spacial score (nSPS) is 26.5. The fraction of sp³-hybridized carbons (Fsp3) is 0.793. The van der Waals surface area contributed by atoms with Crippen molar-refractivity contribution in [3.63, 3.8) is 0 Å². The van der Waals surface area contributed by atoms with Gasteiger partial charge in [0, 0.05) is 0 Å². The van der Waals surface area contributed by atoms with Crippen molar-refractivity contribution < 1.29 is 9.47 Å². The lowest BCUT2D eigenvalue weighted by Gasteiger charge is -2.30. The second kappa shape index (κ2) is 14.1. The van der Waals surface area contributed by atoms with Gasteiger partial charge >= 0.3 is 0 Å². The van der Waals surface area contributed by atoms with E-state index in [1.54, 1.807) is 0 Å². The molecule has 3 rings (SSSR count). The fourth-order valence-corrected chi connectivity index (χ4v) is 5.95. The molecule has 1 aromatic rings. The van der Waals surface area contributed by atoms with Gasteiger partial charge in [0.05, 0.1) is 13.2 Å². The molecule has 0 bridgehead atoms. The maximum atomic E-state index is 6.11. The van der Waals surface area contributed by atoms with E-state index in [1.807, 2.05) is 0 Å². The smallest absolute Gasteiger partial charge is 0.119 e. The summed E-state index contributed by atoms with van der Waals surface area (Å²) in [5.74, 6) is 5.59. The first-order chi connectivity index (χ1) is 15.3. The van der Waals surface area contributed by atoms with Crippen molar-refractivity contribution in [3.8, 4) is 11.5 Å². The lowest BCUT2D eigenvalue weighted by molar-refractivity contribution is 0.177. The molecule has 0 heterocycles. The molecule has 1 aromatic carbocycles. The topological polar surface area (TPSA) is 18.5 Å². The Kier molecular flexibility index (Phi) is 11.1. The minimum atomic E-state index is 0.741. The summed E-state index contributed by atoms with van der Waals surface area (Å²) in [6.07, 6.45) is 20.8. The first-order valence-corrected chi connectivity index (χ1v) is 13.6. The number of unbranched alkanes of at least 4 members (excludes halogenated alkanes) is 2. The van der Waals surface area contributed by atoms with Crippen molar-refractivity contribution in [2.24, 2.45) is 23.7 Å². The quantitative estimate of drug-likeness (QED) is 0.292. The number of benzene rings is 1. The van der Waals surface area contributed by atoms with Crippen molar-refractivity contribution in [3.05, 3.63) is 24.3 Å². The predicted octanol–water partition coefficient (Wildman–Crippen LogP) is 8.83. The van der Waals surface area contributed by atoms with E-state index in [1.165, 1.54) is 96.3 Å². The molecule has 2 heteroatoms. The highest BCUT2D eigenvalue weighted by molar-refractivity contribution is 5.31. The van der Waals surface area contributed by atoms with Gasteiger partial charge in [-0.1, -0.05) is 84.5 Å². The summed E-state index contributed by atoms with van der Waals surface area (Å²) in [5.41, 5.74) is 0. The standard InChI is InChI=1S/C29H48O2/c1-3-5-6-10-24-14-16-25(17-15-24)23-31-29-20-18-28(19-21-29)30-22-9-13-27-12-8-7-11-26(27)4-2/h18-21,24-27H,3-17,22-23H2,1-2H3. The van der Waals surface area contributed by atoms with Gasteiger partial charge in [-0.05, 0) is 73.6 Å². The van der Waals surface area contributed by atoms with E-state index in [0.29, 0.717) is 0 Å². The number of hydrogen-bond acceptors (Lipinski definition) is 2. The maximum Gasteiger partial charge on any atom is 0.119 e. The van der Waals surface area contributed by atoms with E-state index in [-0.39, 0.29) is 0 Å². The lowest BCUT2D eigenvalue weighted by Crippen LogP contribution is -2.20. The molecule has 31 heavy (non-hydrogen) atoms. The van der Waals surface area contributed by atoms with E-state index in [2.05, 4.69) is 38.1 Å². The first kappa shape index (κ1) is 24.5. The van der Waals surface area contributed by atoms with Crippen molar-refractivity contribution in [1.29, 1.82) is 0 Å². The molecule has 0 N–H and O–H groups in total. The Labute approximate surface area is 192 Å². The van der Waals surface area contributed by atoms with E-state index in [4.69, 9.17) is 9.47 Å². The molecule has 0 radical (unpaired) electrons. The van der Waals surface area contributed by atoms with Gasteiger partial charge in [0.1, 0.15) is 11.5 Å². The fourth-order valence-electron chi connectivity index (χ4n) is 5.95. The number of rotatable bonds is 13. The van der Waals surface area contributed by atoms with E-state index < -0.39 is 0 Å². The Morgan fingerprint density at radius 2 is 1.32 bits per heavy atom. The van der Waals surface area contributed by atoms with Crippen molar-refractivity contribution in [1.82, 2.24) is 0 Å². The highest BCUT2D eigenvalue weighted by Crippen LogP contribution is 2.35. The van der Waals surface area contributed by atoms with E-state index in [9.17, 15) is 0 Å². The van der Waals surface area contributed by atoms with Crippen LogP contribution >= 0.6 is 0 Å². The van der Waals surface area contributed by atoms with Gasteiger partial charge in [0.25, 0.3) is 0 Å².